The molecule has 0 saturated heterocycles. The molecule has 1 heterocycles. The lowest BCUT2D eigenvalue weighted by atomic mass is 10.2. The van der Waals surface area contributed by atoms with Crippen molar-refractivity contribution in [1.29, 1.82) is 0 Å². The zero-order chi connectivity index (χ0) is 16.1. The van der Waals surface area contributed by atoms with Crippen LogP contribution in [0.25, 0.3) is 24.3 Å². The minimum Gasteiger partial charge on any atom is -0.417 e. The Hall–Kier alpha value is -1.98. The van der Waals surface area contributed by atoms with Crippen LogP contribution in [0.15, 0.2) is 61.9 Å². The van der Waals surface area contributed by atoms with Gasteiger partial charge in [0.05, 0.1) is 0 Å². The van der Waals surface area contributed by atoms with E-state index in [0.29, 0.717) is 11.8 Å². The van der Waals surface area contributed by atoms with Crippen LogP contribution in [0.1, 0.15) is 22.9 Å². The van der Waals surface area contributed by atoms with Gasteiger partial charge >= 0.3 is 0 Å². The fourth-order valence-electron chi connectivity index (χ4n) is 1.86. The Morgan fingerprint density at radius 3 is 1.39 bits per heavy atom. The van der Waals surface area contributed by atoms with Gasteiger partial charge in [-0.15, -0.1) is 10.2 Å². The summed E-state index contributed by atoms with van der Waals surface area (Å²) in [5.74, 6) is 0.951. The highest BCUT2D eigenvalue weighted by Crippen LogP contribution is 2.15. The molecule has 0 aliphatic heterocycles. The Morgan fingerprint density at radius 1 is 0.609 bits per heavy atom. The minimum absolute atomic E-state index is 0.475. The largest absolute Gasteiger partial charge is 0.417 e. The van der Waals surface area contributed by atoms with Crippen molar-refractivity contribution in [2.45, 2.75) is 0 Å². The van der Waals surface area contributed by atoms with Gasteiger partial charge in [0.15, 0.2) is 0 Å². The van der Waals surface area contributed by atoms with Crippen LogP contribution in [-0.4, -0.2) is 10.2 Å². The van der Waals surface area contributed by atoms with Crippen molar-refractivity contribution in [3.05, 3.63) is 80.4 Å². The van der Waals surface area contributed by atoms with E-state index >= 15 is 0 Å². The second kappa shape index (κ2) is 7.53. The zero-order valence-electron chi connectivity index (χ0n) is 12.0. The third kappa shape index (κ3) is 4.74. The van der Waals surface area contributed by atoms with Crippen molar-refractivity contribution in [1.82, 2.24) is 10.2 Å². The van der Waals surface area contributed by atoms with Crippen molar-refractivity contribution in [2.24, 2.45) is 0 Å². The molecule has 0 aliphatic rings. The number of benzene rings is 2. The first-order chi connectivity index (χ1) is 11.2. The molecule has 3 rings (SSSR count). The summed E-state index contributed by atoms with van der Waals surface area (Å²) in [6.07, 6.45) is 7.46. The first-order valence-electron chi connectivity index (χ1n) is 6.90. The standard InChI is InChI=1S/C18H12Br2N2O/c19-15-7-1-13(2-8-15)5-11-17-21-22-18(23-17)12-6-14-3-9-16(20)10-4-14/h1-12H/b11-5+,12-6+. The summed E-state index contributed by atoms with van der Waals surface area (Å²) in [7, 11) is 0. The van der Waals surface area contributed by atoms with Crippen LogP contribution in [-0.2, 0) is 0 Å². The average Bonchev–Trinajstić information content (AvgIpc) is 3.02. The lowest BCUT2D eigenvalue weighted by Gasteiger charge is -1.92. The Labute approximate surface area is 151 Å². The zero-order valence-corrected chi connectivity index (χ0v) is 15.2. The third-order valence-electron chi connectivity index (χ3n) is 3.03. The molecule has 114 valence electrons. The molecule has 0 saturated carbocycles. The average molecular weight is 432 g/mol. The van der Waals surface area contributed by atoms with Crippen LogP contribution < -0.4 is 0 Å². The number of halogens is 2. The monoisotopic (exact) mass is 430 g/mol. The van der Waals surface area contributed by atoms with E-state index in [2.05, 4.69) is 42.1 Å². The van der Waals surface area contributed by atoms with Crippen LogP contribution in [0, 0.1) is 0 Å². The maximum Gasteiger partial charge on any atom is 0.240 e. The number of hydrogen-bond donors (Lipinski definition) is 0. The van der Waals surface area contributed by atoms with Gasteiger partial charge in [0, 0.05) is 21.1 Å². The summed E-state index contributed by atoms with van der Waals surface area (Å²) < 4.78 is 7.66. The maximum atomic E-state index is 5.56. The van der Waals surface area contributed by atoms with Gasteiger partial charge in [-0.05, 0) is 47.5 Å². The van der Waals surface area contributed by atoms with E-state index in [1.54, 1.807) is 12.2 Å². The van der Waals surface area contributed by atoms with Gasteiger partial charge in [-0.3, -0.25) is 0 Å². The first kappa shape index (κ1) is 15.9. The normalized spacial score (nSPS) is 11.6. The molecular weight excluding hydrogens is 420 g/mol. The molecule has 0 unspecified atom stereocenters. The Balaban J connectivity index is 1.68. The van der Waals surface area contributed by atoms with Gasteiger partial charge in [0.25, 0.3) is 0 Å². The summed E-state index contributed by atoms with van der Waals surface area (Å²) in [5.41, 5.74) is 2.14. The third-order valence-corrected chi connectivity index (χ3v) is 4.09. The van der Waals surface area contributed by atoms with E-state index in [1.165, 1.54) is 0 Å². The molecular formula is C18H12Br2N2O. The number of hydrogen-bond acceptors (Lipinski definition) is 3. The van der Waals surface area contributed by atoms with Crippen molar-refractivity contribution in [3.63, 3.8) is 0 Å². The molecule has 0 bridgehead atoms. The highest BCUT2D eigenvalue weighted by Gasteiger charge is 1.99. The summed E-state index contributed by atoms with van der Waals surface area (Å²) >= 11 is 6.82. The summed E-state index contributed by atoms with van der Waals surface area (Å²) in [5, 5.41) is 8.01. The molecule has 0 N–H and O–H groups in total. The van der Waals surface area contributed by atoms with Gasteiger partial charge in [0.1, 0.15) is 0 Å². The summed E-state index contributed by atoms with van der Waals surface area (Å²) in [4.78, 5) is 0. The molecule has 0 amide bonds. The topological polar surface area (TPSA) is 38.9 Å². The van der Waals surface area contributed by atoms with E-state index in [0.717, 1.165) is 20.1 Å². The van der Waals surface area contributed by atoms with Gasteiger partial charge in [-0.25, -0.2) is 0 Å². The number of nitrogens with zero attached hydrogens (tertiary/aromatic N) is 2. The van der Waals surface area contributed by atoms with Crippen LogP contribution >= 0.6 is 31.9 Å². The Bertz CT molecular complexity index is 764. The molecule has 0 spiro atoms. The minimum atomic E-state index is 0.475. The number of aromatic nitrogens is 2. The highest BCUT2D eigenvalue weighted by molar-refractivity contribution is 9.10. The van der Waals surface area contributed by atoms with E-state index < -0.39 is 0 Å². The van der Waals surface area contributed by atoms with Crippen molar-refractivity contribution in [2.75, 3.05) is 0 Å². The predicted octanol–water partition coefficient (Wildman–Crippen LogP) is 5.94. The van der Waals surface area contributed by atoms with E-state index in [4.69, 9.17) is 4.42 Å². The number of rotatable bonds is 4. The van der Waals surface area contributed by atoms with Crippen molar-refractivity contribution in [3.8, 4) is 0 Å². The predicted molar refractivity (Wildman–Crippen MR) is 100 cm³/mol. The lowest BCUT2D eigenvalue weighted by molar-refractivity contribution is 0.533. The molecule has 3 aromatic rings. The Kier molecular flexibility index (Phi) is 5.20. The first-order valence-corrected chi connectivity index (χ1v) is 8.48. The second-order valence-corrected chi connectivity index (χ2v) is 6.58. The molecule has 0 radical (unpaired) electrons. The van der Waals surface area contributed by atoms with Gasteiger partial charge in [-0.2, -0.15) is 0 Å². The van der Waals surface area contributed by atoms with Crippen LogP contribution in [0.3, 0.4) is 0 Å². The lowest BCUT2D eigenvalue weighted by Crippen LogP contribution is -1.73. The van der Waals surface area contributed by atoms with Crippen LogP contribution in [0.5, 0.6) is 0 Å². The van der Waals surface area contributed by atoms with Crippen LogP contribution in [0.4, 0.5) is 0 Å². The molecule has 5 heteroatoms. The second-order valence-electron chi connectivity index (χ2n) is 4.75. The summed E-state index contributed by atoms with van der Waals surface area (Å²) in [6.45, 7) is 0. The molecule has 0 atom stereocenters. The SMILES string of the molecule is Brc1ccc(/C=C/c2nnc(/C=C/c3ccc(Br)cc3)o2)cc1. The molecule has 2 aromatic carbocycles. The molecule has 23 heavy (non-hydrogen) atoms. The quantitative estimate of drug-likeness (QED) is 0.513. The van der Waals surface area contributed by atoms with Gasteiger partial charge in [0.2, 0.25) is 11.8 Å². The van der Waals surface area contributed by atoms with E-state index in [9.17, 15) is 0 Å². The van der Waals surface area contributed by atoms with Gasteiger partial charge < -0.3 is 4.42 Å². The van der Waals surface area contributed by atoms with Crippen molar-refractivity contribution >= 4 is 56.2 Å². The molecule has 0 fully saturated rings. The fourth-order valence-corrected chi connectivity index (χ4v) is 2.39. The molecule has 1 aromatic heterocycles. The van der Waals surface area contributed by atoms with Crippen LogP contribution in [0.2, 0.25) is 0 Å². The summed E-state index contributed by atoms with van der Waals surface area (Å²) in [6, 6.07) is 16.0. The maximum absolute atomic E-state index is 5.56. The van der Waals surface area contributed by atoms with E-state index in [1.807, 2.05) is 60.7 Å². The Morgan fingerprint density at radius 2 is 1.00 bits per heavy atom. The highest BCUT2D eigenvalue weighted by atomic mass is 79.9. The smallest absolute Gasteiger partial charge is 0.240 e. The molecule has 0 aliphatic carbocycles. The fraction of sp³-hybridized carbons (Fsp3) is 0. The molecule has 3 nitrogen and oxygen atoms in total. The van der Waals surface area contributed by atoms with E-state index in [-0.39, 0.29) is 0 Å². The van der Waals surface area contributed by atoms with Gasteiger partial charge in [-0.1, -0.05) is 56.1 Å². The van der Waals surface area contributed by atoms with Crippen molar-refractivity contribution < 1.29 is 4.42 Å².